The lowest BCUT2D eigenvalue weighted by Crippen LogP contribution is -2.20. The van der Waals surface area contributed by atoms with E-state index in [0.717, 1.165) is 30.4 Å². The first-order chi connectivity index (χ1) is 16.7. The number of nitrogens with zero attached hydrogens (tertiary/aromatic N) is 1. The highest BCUT2D eigenvalue weighted by Crippen LogP contribution is 2.29. The molecule has 0 bridgehead atoms. The molecule has 0 spiro atoms. The van der Waals surface area contributed by atoms with Crippen LogP contribution in [-0.2, 0) is 16.0 Å². The first-order valence-corrected chi connectivity index (χ1v) is 12.4. The SMILES string of the molecule is CCC(CC)C(=O)O.CCc1ccc(C2=CC(C(=O)Nc3ccc(OC(C)C)c(Cl)c3)=NC2)cc1. The molecule has 6 nitrogen and oxygen atoms in total. The molecule has 2 N–H and O–H groups in total. The quantitative estimate of drug-likeness (QED) is 0.404. The summed E-state index contributed by atoms with van der Waals surface area (Å²) in [6, 6.07) is 13.6. The Hall–Kier alpha value is -3.12. The second-order valence-electron chi connectivity index (χ2n) is 8.54. The summed E-state index contributed by atoms with van der Waals surface area (Å²) in [4.78, 5) is 27.0. The highest BCUT2D eigenvalue weighted by molar-refractivity contribution is 6.49. The molecule has 3 rings (SSSR count). The van der Waals surface area contributed by atoms with Gasteiger partial charge < -0.3 is 15.2 Å². The van der Waals surface area contributed by atoms with Crippen LogP contribution in [0.3, 0.4) is 0 Å². The third kappa shape index (κ3) is 8.55. The molecule has 1 aliphatic rings. The van der Waals surface area contributed by atoms with E-state index in [1.165, 1.54) is 5.56 Å². The summed E-state index contributed by atoms with van der Waals surface area (Å²) in [5.41, 5.74) is 4.46. The maximum atomic E-state index is 12.5. The second-order valence-corrected chi connectivity index (χ2v) is 8.95. The Balaban J connectivity index is 0.000000466. The largest absolute Gasteiger partial charge is 0.489 e. The van der Waals surface area contributed by atoms with Gasteiger partial charge in [-0.1, -0.05) is 56.6 Å². The van der Waals surface area contributed by atoms with Gasteiger partial charge in [0, 0.05) is 5.69 Å². The number of anilines is 1. The summed E-state index contributed by atoms with van der Waals surface area (Å²) < 4.78 is 5.61. The van der Waals surface area contributed by atoms with Crippen LogP contribution in [0.1, 0.15) is 58.6 Å². The van der Waals surface area contributed by atoms with Crippen LogP contribution in [-0.4, -0.2) is 35.3 Å². The zero-order chi connectivity index (χ0) is 26.0. The minimum absolute atomic E-state index is 0.0331. The van der Waals surface area contributed by atoms with Gasteiger partial charge in [-0.15, -0.1) is 0 Å². The second kappa shape index (κ2) is 13.7. The molecule has 0 radical (unpaired) electrons. The number of ether oxygens (including phenoxy) is 1. The molecule has 0 aromatic heterocycles. The third-order valence-electron chi connectivity index (χ3n) is 5.58. The summed E-state index contributed by atoms with van der Waals surface area (Å²) >= 11 is 6.23. The summed E-state index contributed by atoms with van der Waals surface area (Å²) in [5, 5.41) is 11.7. The Morgan fingerprint density at radius 3 is 2.23 bits per heavy atom. The Labute approximate surface area is 213 Å². The van der Waals surface area contributed by atoms with Crippen molar-refractivity contribution in [3.05, 3.63) is 64.7 Å². The van der Waals surface area contributed by atoms with Crippen molar-refractivity contribution in [1.82, 2.24) is 0 Å². The van der Waals surface area contributed by atoms with Crippen LogP contribution in [0.4, 0.5) is 5.69 Å². The van der Waals surface area contributed by atoms with E-state index in [1.807, 2.05) is 33.8 Å². The van der Waals surface area contributed by atoms with E-state index in [1.54, 1.807) is 18.2 Å². The molecule has 2 aromatic rings. The average molecular weight is 499 g/mol. The molecule has 0 aliphatic carbocycles. The average Bonchev–Trinajstić information content (AvgIpc) is 3.32. The number of amides is 1. The fraction of sp³-hybridized carbons (Fsp3) is 0.393. The van der Waals surface area contributed by atoms with E-state index in [0.29, 0.717) is 28.7 Å². The number of rotatable bonds is 9. The molecular weight excluding hydrogens is 464 g/mol. The Morgan fingerprint density at radius 2 is 1.74 bits per heavy atom. The molecule has 35 heavy (non-hydrogen) atoms. The number of benzene rings is 2. The van der Waals surface area contributed by atoms with E-state index in [2.05, 4.69) is 41.5 Å². The van der Waals surface area contributed by atoms with Gasteiger partial charge in [0.25, 0.3) is 5.91 Å². The Morgan fingerprint density at radius 1 is 1.09 bits per heavy atom. The minimum Gasteiger partial charge on any atom is -0.489 e. The molecule has 0 saturated heterocycles. The van der Waals surface area contributed by atoms with Gasteiger partial charge in [-0.2, -0.15) is 0 Å². The number of carbonyl (C=O) groups is 2. The fourth-order valence-corrected chi connectivity index (χ4v) is 3.68. The molecule has 1 aliphatic heterocycles. The van der Waals surface area contributed by atoms with Crippen LogP contribution < -0.4 is 10.1 Å². The van der Waals surface area contributed by atoms with Crippen molar-refractivity contribution in [2.24, 2.45) is 10.9 Å². The minimum atomic E-state index is -0.671. The van der Waals surface area contributed by atoms with E-state index < -0.39 is 5.97 Å². The highest BCUT2D eigenvalue weighted by atomic mass is 35.5. The lowest BCUT2D eigenvalue weighted by atomic mass is 10.0. The lowest BCUT2D eigenvalue weighted by Gasteiger charge is -2.12. The zero-order valence-electron chi connectivity index (χ0n) is 21.1. The van der Waals surface area contributed by atoms with Crippen LogP contribution in [0.15, 0.2) is 53.5 Å². The van der Waals surface area contributed by atoms with Gasteiger partial charge in [0.15, 0.2) is 0 Å². The molecule has 1 heterocycles. The first-order valence-electron chi connectivity index (χ1n) is 12.0. The van der Waals surface area contributed by atoms with Gasteiger partial charge in [0.1, 0.15) is 11.5 Å². The van der Waals surface area contributed by atoms with Gasteiger partial charge in [-0.25, -0.2) is 0 Å². The van der Waals surface area contributed by atoms with Crippen LogP contribution in [0.2, 0.25) is 5.02 Å². The Kier molecular flexibility index (Phi) is 11.0. The molecule has 0 atom stereocenters. The predicted molar refractivity (Wildman–Crippen MR) is 144 cm³/mol. The fourth-order valence-electron chi connectivity index (χ4n) is 3.45. The highest BCUT2D eigenvalue weighted by Gasteiger charge is 2.17. The van der Waals surface area contributed by atoms with Gasteiger partial charge in [0.05, 0.1) is 23.6 Å². The topological polar surface area (TPSA) is 88.0 Å². The lowest BCUT2D eigenvalue weighted by molar-refractivity contribution is -0.141. The number of carboxylic acids is 1. The van der Waals surface area contributed by atoms with Gasteiger partial charge in [-0.05, 0) is 74.1 Å². The molecule has 0 fully saturated rings. The van der Waals surface area contributed by atoms with Crippen molar-refractivity contribution in [3.8, 4) is 5.75 Å². The van der Waals surface area contributed by atoms with E-state index in [9.17, 15) is 9.59 Å². The molecule has 2 aromatic carbocycles. The van der Waals surface area contributed by atoms with Crippen molar-refractivity contribution in [2.45, 2.75) is 60.0 Å². The maximum Gasteiger partial charge on any atom is 0.306 e. The summed E-state index contributed by atoms with van der Waals surface area (Å²) in [7, 11) is 0. The van der Waals surface area contributed by atoms with E-state index in [4.69, 9.17) is 21.4 Å². The number of carboxylic acid groups (broad SMARTS) is 1. The number of carbonyl (C=O) groups excluding carboxylic acids is 1. The van der Waals surface area contributed by atoms with Crippen LogP contribution in [0, 0.1) is 5.92 Å². The van der Waals surface area contributed by atoms with Crippen molar-refractivity contribution >= 4 is 40.4 Å². The number of hydrogen-bond acceptors (Lipinski definition) is 4. The standard InChI is InChI=1S/C22H23ClN2O2.C6H12O2/c1-4-15-5-7-16(8-6-15)17-11-20(24-13-17)22(26)25-18-9-10-21(19(23)12-18)27-14(2)3;1-3-5(4-2)6(7)8/h5-12,14H,4,13H2,1-3H3,(H,25,26);5H,3-4H2,1-2H3,(H,7,8). The normalized spacial score (nSPS) is 12.6. The molecule has 0 unspecified atom stereocenters. The van der Waals surface area contributed by atoms with Crippen molar-refractivity contribution in [2.75, 3.05) is 11.9 Å². The molecule has 0 saturated carbocycles. The van der Waals surface area contributed by atoms with Crippen molar-refractivity contribution < 1.29 is 19.4 Å². The van der Waals surface area contributed by atoms with E-state index >= 15 is 0 Å². The number of aliphatic imine (C=N–C) groups is 1. The summed E-state index contributed by atoms with van der Waals surface area (Å²) in [6.07, 6.45) is 4.37. The van der Waals surface area contributed by atoms with Gasteiger partial charge in [0.2, 0.25) is 0 Å². The number of aryl methyl sites for hydroxylation is 1. The molecule has 188 valence electrons. The number of aliphatic carboxylic acids is 1. The van der Waals surface area contributed by atoms with Crippen LogP contribution in [0.5, 0.6) is 5.75 Å². The maximum absolute atomic E-state index is 12.5. The number of nitrogens with one attached hydrogen (secondary N) is 1. The van der Waals surface area contributed by atoms with Crippen LogP contribution >= 0.6 is 11.6 Å². The van der Waals surface area contributed by atoms with Crippen LogP contribution in [0.25, 0.3) is 5.57 Å². The van der Waals surface area contributed by atoms with Crippen molar-refractivity contribution in [3.63, 3.8) is 0 Å². The molecule has 1 amide bonds. The summed E-state index contributed by atoms with van der Waals surface area (Å²) in [6.45, 7) is 10.3. The van der Waals surface area contributed by atoms with E-state index in [-0.39, 0.29) is 17.9 Å². The third-order valence-corrected chi connectivity index (χ3v) is 5.88. The number of hydrogen-bond donors (Lipinski definition) is 2. The Bertz CT molecular complexity index is 1070. The smallest absolute Gasteiger partial charge is 0.306 e. The predicted octanol–water partition coefficient (Wildman–Crippen LogP) is 6.67. The first kappa shape index (κ1) is 28.1. The number of halogens is 1. The summed E-state index contributed by atoms with van der Waals surface area (Å²) in [5.74, 6) is -0.450. The zero-order valence-corrected chi connectivity index (χ0v) is 21.9. The van der Waals surface area contributed by atoms with Gasteiger partial charge in [-0.3, -0.25) is 14.6 Å². The molecule has 7 heteroatoms. The van der Waals surface area contributed by atoms with Crippen molar-refractivity contribution in [1.29, 1.82) is 0 Å². The molecular formula is C28H35ClN2O4. The van der Waals surface area contributed by atoms with Gasteiger partial charge >= 0.3 is 5.97 Å². The monoisotopic (exact) mass is 498 g/mol.